The van der Waals surface area contributed by atoms with Gasteiger partial charge in [-0.15, -0.1) is 0 Å². The summed E-state index contributed by atoms with van der Waals surface area (Å²) < 4.78 is 5.51. The highest BCUT2D eigenvalue weighted by molar-refractivity contribution is 5.76. The van der Waals surface area contributed by atoms with E-state index in [0.29, 0.717) is 25.9 Å². The zero-order valence-electron chi connectivity index (χ0n) is 60.7. The van der Waals surface area contributed by atoms with E-state index < -0.39 is 12.1 Å². The standard InChI is InChI=1S/C83H161NO5/c1-3-5-7-9-11-13-15-17-19-21-40-43-47-51-55-59-63-67-71-75-81(86)80(79-85)84-82(87)76-72-68-64-60-56-52-48-44-41-38-36-34-32-30-28-26-24-23-25-27-29-31-33-35-37-39-42-46-50-54-58-62-66-70-74-78-89-83(88)77-73-69-65-61-57-53-49-45-22-20-18-16-14-12-10-8-6-4-2/h20,22,25,27,80-81,85-86H,3-19,21,23-24,26,28-79H2,1-2H3,(H,84,87)/b22-20-,27-25-. The lowest BCUT2D eigenvalue weighted by Crippen LogP contribution is -2.45. The van der Waals surface area contributed by atoms with Gasteiger partial charge < -0.3 is 20.3 Å². The topological polar surface area (TPSA) is 95.9 Å². The van der Waals surface area contributed by atoms with Gasteiger partial charge in [-0.05, 0) is 77.0 Å². The summed E-state index contributed by atoms with van der Waals surface area (Å²) in [5.41, 5.74) is 0. The van der Waals surface area contributed by atoms with Crippen LogP contribution in [0.2, 0.25) is 0 Å². The van der Waals surface area contributed by atoms with Crippen LogP contribution in [0.15, 0.2) is 24.3 Å². The summed E-state index contributed by atoms with van der Waals surface area (Å²) in [7, 11) is 0. The molecule has 2 atom stereocenters. The summed E-state index contributed by atoms with van der Waals surface area (Å²) >= 11 is 0. The molecule has 6 heteroatoms. The van der Waals surface area contributed by atoms with Gasteiger partial charge in [-0.1, -0.05) is 404 Å². The predicted octanol–water partition coefficient (Wildman–Crippen LogP) is 27.2. The number of esters is 1. The SMILES string of the molecule is CCCCCCCCC/C=C\CCCCCCCCCC(=O)OCCCCCCCCCCCCCCCC/C=C\CCCCCCCCCCCCCCCCCCCC(=O)NC(CO)C(O)CCCCCCCCCCCCCCCCCCCCC. The van der Waals surface area contributed by atoms with Crippen molar-refractivity contribution in [1.29, 1.82) is 0 Å². The van der Waals surface area contributed by atoms with Crippen LogP contribution in [-0.4, -0.2) is 47.4 Å². The molecule has 0 fully saturated rings. The van der Waals surface area contributed by atoms with Crippen LogP contribution in [0.1, 0.15) is 470 Å². The number of amides is 1. The van der Waals surface area contributed by atoms with Crippen molar-refractivity contribution < 1.29 is 24.5 Å². The highest BCUT2D eigenvalue weighted by atomic mass is 16.5. The number of aliphatic hydroxyl groups is 2. The van der Waals surface area contributed by atoms with Crippen LogP contribution in [0, 0.1) is 0 Å². The van der Waals surface area contributed by atoms with Crippen molar-refractivity contribution in [2.45, 2.75) is 482 Å². The smallest absolute Gasteiger partial charge is 0.305 e. The van der Waals surface area contributed by atoms with E-state index in [-0.39, 0.29) is 18.5 Å². The molecule has 6 nitrogen and oxygen atoms in total. The molecule has 0 aromatic rings. The minimum Gasteiger partial charge on any atom is -0.466 e. The summed E-state index contributed by atoms with van der Waals surface area (Å²) in [6.45, 7) is 5.00. The Hall–Kier alpha value is -1.66. The van der Waals surface area contributed by atoms with Gasteiger partial charge in [0.25, 0.3) is 0 Å². The van der Waals surface area contributed by atoms with Crippen molar-refractivity contribution in [2.24, 2.45) is 0 Å². The Morgan fingerprint density at radius 2 is 0.528 bits per heavy atom. The number of rotatable bonds is 78. The minimum atomic E-state index is -0.662. The van der Waals surface area contributed by atoms with Crippen LogP contribution >= 0.6 is 0 Å². The van der Waals surface area contributed by atoms with Crippen molar-refractivity contribution in [2.75, 3.05) is 13.2 Å². The maximum absolute atomic E-state index is 12.6. The Labute approximate surface area is 558 Å². The fraction of sp³-hybridized carbons (Fsp3) is 0.928. The number of aliphatic hydroxyl groups excluding tert-OH is 2. The first kappa shape index (κ1) is 87.3. The zero-order chi connectivity index (χ0) is 64.2. The molecular formula is C83H161NO5. The molecule has 1 amide bonds. The third kappa shape index (κ3) is 75.3. The fourth-order valence-electron chi connectivity index (χ4n) is 13.2. The average molecular weight is 1250 g/mol. The Balaban J connectivity index is 3.33. The molecule has 0 radical (unpaired) electrons. The predicted molar refractivity (Wildman–Crippen MR) is 393 cm³/mol. The van der Waals surface area contributed by atoms with E-state index in [0.717, 1.165) is 44.9 Å². The van der Waals surface area contributed by atoms with Gasteiger partial charge in [-0.25, -0.2) is 0 Å². The molecule has 0 aromatic heterocycles. The lowest BCUT2D eigenvalue weighted by Gasteiger charge is -2.22. The molecule has 2 unspecified atom stereocenters. The van der Waals surface area contributed by atoms with Crippen LogP contribution in [0.5, 0.6) is 0 Å². The summed E-state index contributed by atoms with van der Waals surface area (Å²) in [5.74, 6) is -0.00798. The molecule has 0 aliphatic carbocycles. The molecule has 0 saturated heterocycles. The number of hydrogen-bond acceptors (Lipinski definition) is 5. The van der Waals surface area contributed by atoms with Crippen molar-refractivity contribution in [3.63, 3.8) is 0 Å². The van der Waals surface area contributed by atoms with Crippen molar-refractivity contribution in [1.82, 2.24) is 5.32 Å². The quantitative estimate of drug-likeness (QED) is 0.0320. The van der Waals surface area contributed by atoms with E-state index in [2.05, 4.69) is 43.5 Å². The van der Waals surface area contributed by atoms with E-state index in [1.54, 1.807) is 0 Å². The van der Waals surface area contributed by atoms with Gasteiger partial charge >= 0.3 is 5.97 Å². The molecule has 528 valence electrons. The second-order valence-corrected chi connectivity index (χ2v) is 28.5. The third-order valence-electron chi connectivity index (χ3n) is 19.5. The van der Waals surface area contributed by atoms with E-state index in [4.69, 9.17) is 4.74 Å². The number of nitrogens with one attached hydrogen (secondary N) is 1. The molecule has 0 aliphatic heterocycles. The highest BCUT2D eigenvalue weighted by Crippen LogP contribution is 2.20. The molecular weight excluding hydrogens is 1090 g/mol. The van der Waals surface area contributed by atoms with E-state index in [9.17, 15) is 19.8 Å². The average Bonchev–Trinajstić information content (AvgIpc) is 3.58. The molecule has 0 rings (SSSR count). The number of unbranched alkanes of at least 4 members (excludes halogenated alkanes) is 63. The third-order valence-corrected chi connectivity index (χ3v) is 19.5. The van der Waals surface area contributed by atoms with Crippen molar-refractivity contribution in [3.05, 3.63) is 24.3 Å². The van der Waals surface area contributed by atoms with E-state index in [1.165, 1.54) is 392 Å². The largest absolute Gasteiger partial charge is 0.466 e. The number of carbonyl (C=O) groups excluding carboxylic acids is 2. The minimum absolute atomic E-state index is 0.0184. The second-order valence-electron chi connectivity index (χ2n) is 28.5. The molecule has 0 spiro atoms. The first-order valence-corrected chi connectivity index (χ1v) is 41.1. The Kier molecular flexibility index (Phi) is 77.3. The number of carbonyl (C=O) groups is 2. The first-order chi connectivity index (χ1) is 44.0. The normalized spacial score (nSPS) is 12.5. The fourth-order valence-corrected chi connectivity index (χ4v) is 13.2. The van der Waals surface area contributed by atoms with Gasteiger partial charge in [0, 0.05) is 12.8 Å². The molecule has 0 saturated carbocycles. The number of allylic oxidation sites excluding steroid dienone is 4. The van der Waals surface area contributed by atoms with E-state index >= 15 is 0 Å². The first-order valence-electron chi connectivity index (χ1n) is 41.1. The van der Waals surface area contributed by atoms with Gasteiger partial charge in [0.1, 0.15) is 0 Å². The number of ether oxygens (including phenoxy) is 1. The lowest BCUT2D eigenvalue weighted by molar-refractivity contribution is -0.143. The van der Waals surface area contributed by atoms with Gasteiger partial charge in [-0.2, -0.15) is 0 Å². The van der Waals surface area contributed by atoms with Crippen LogP contribution in [0.4, 0.5) is 0 Å². The van der Waals surface area contributed by atoms with Gasteiger partial charge in [0.05, 0.1) is 25.4 Å². The number of hydrogen-bond donors (Lipinski definition) is 3. The van der Waals surface area contributed by atoms with Crippen molar-refractivity contribution in [3.8, 4) is 0 Å². The van der Waals surface area contributed by atoms with E-state index in [1.807, 2.05) is 0 Å². The van der Waals surface area contributed by atoms with Crippen molar-refractivity contribution >= 4 is 11.9 Å². The summed E-state index contributed by atoms with van der Waals surface area (Å²) in [6.07, 6.45) is 101. The molecule has 0 bridgehead atoms. The van der Waals surface area contributed by atoms with Crippen LogP contribution < -0.4 is 5.32 Å². The summed E-state index contributed by atoms with van der Waals surface area (Å²) in [4.78, 5) is 24.7. The molecule has 0 heterocycles. The van der Waals surface area contributed by atoms with Crippen LogP contribution in [0.3, 0.4) is 0 Å². The monoisotopic (exact) mass is 1250 g/mol. The Morgan fingerprint density at radius 1 is 0.303 bits per heavy atom. The zero-order valence-corrected chi connectivity index (χ0v) is 60.7. The van der Waals surface area contributed by atoms with Gasteiger partial charge in [-0.3, -0.25) is 9.59 Å². The summed E-state index contributed by atoms with van der Waals surface area (Å²) in [6, 6.07) is -0.539. The van der Waals surface area contributed by atoms with Crippen LogP contribution in [0.25, 0.3) is 0 Å². The van der Waals surface area contributed by atoms with Gasteiger partial charge in [0.2, 0.25) is 5.91 Å². The Bertz CT molecular complexity index is 1400. The van der Waals surface area contributed by atoms with Gasteiger partial charge in [0.15, 0.2) is 0 Å². The summed E-state index contributed by atoms with van der Waals surface area (Å²) in [5, 5.41) is 23.4. The molecule has 0 aliphatic rings. The maximum atomic E-state index is 12.6. The molecule has 3 N–H and O–H groups in total. The maximum Gasteiger partial charge on any atom is 0.305 e. The van der Waals surface area contributed by atoms with Crippen LogP contribution in [-0.2, 0) is 14.3 Å². The molecule has 0 aromatic carbocycles. The highest BCUT2D eigenvalue weighted by Gasteiger charge is 2.20. The molecule has 89 heavy (non-hydrogen) atoms. The lowest BCUT2D eigenvalue weighted by atomic mass is 10.0. The Morgan fingerprint density at radius 3 is 0.798 bits per heavy atom. The second kappa shape index (κ2) is 78.8.